The number of hydrogen-bond acceptors (Lipinski definition) is 5. The summed E-state index contributed by atoms with van der Waals surface area (Å²) < 4.78 is 6.30. The van der Waals surface area contributed by atoms with Crippen LogP contribution in [-0.2, 0) is 0 Å². The lowest BCUT2D eigenvalue weighted by molar-refractivity contribution is 0.477. The molecule has 220 valence electrons. The van der Waals surface area contributed by atoms with E-state index >= 15 is 0 Å². The molecule has 0 radical (unpaired) electrons. The molecule has 7 aromatic rings. The van der Waals surface area contributed by atoms with Crippen molar-refractivity contribution in [2.45, 2.75) is 13.1 Å². The summed E-state index contributed by atoms with van der Waals surface area (Å²) in [6.07, 6.45) is 0. The molecule has 6 heteroatoms. The van der Waals surface area contributed by atoms with Gasteiger partial charge in [0.05, 0.1) is 16.9 Å². The van der Waals surface area contributed by atoms with E-state index in [1.54, 1.807) is 0 Å². The molecular weight excluding hydrogens is 581 g/mol. The number of ether oxygens (including phenoxy) is 1. The van der Waals surface area contributed by atoms with Gasteiger partial charge in [-0.2, -0.15) is 0 Å². The number of aromatic nitrogens is 2. The average molecular weight is 611 g/mol. The Morgan fingerprint density at radius 3 is 1.70 bits per heavy atom. The molecule has 0 atom stereocenters. The van der Waals surface area contributed by atoms with Gasteiger partial charge in [0.25, 0.3) is 0 Å². The maximum absolute atomic E-state index is 6.30. The normalized spacial score (nSPS) is 14.1. The van der Waals surface area contributed by atoms with Gasteiger partial charge in [-0.3, -0.25) is 4.90 Å². The molecule has 1 aromatic heterocycles. The quantitative estimate of drug-likeness (QED) is 0.186. The topological polar surface area (TPSA) is 41.5 Å². The lowest BCUT2D eigenvalue weighted by Gasteiger charge is -2.40. The molecule has 46 heavy (non-hydrogen) atoms. The third kappa shape index (κ3) is 4.00. The van der Waals surface area contributed by atoms with E-state index in [1.807, 2.05) is 54.6 Å². The minimum Gasteiger partial charge on any atom is -0.453 e. The molecule has 0 fully saturated rings. The first kappa shape index (κ1) is 26.7. The Kier molecular flexibility index (Phi) is 5.89. The standard InChI is InChI=1S/C40H30N4OSi/c1-46(2)37-22-12-8-18-33(37)44(34-19-9-13-23-38(34)46)40-29-25-24-28(26-30(29)41-39(42-40)27-14-4-3-5-15-27)43-31-16-6-10-20-35(31)45-36-21-11-7-17-32(36)43/h3-26H,1-2H3. The van der Waals surface area contributed by atoms with Gasteiger partial charge in [-0.15, -0.1) is 0 Å². The highest BCUT2D eigenvalue weighted by Gasteiger charge is 2.39. The molecule has 6 aromatic carbocycles. The van der Waals surface area contributed by atoms with Gasteiger partial charge in [-0.1, -0.05) is 104 Å². The van der Waals surface area contributed by atoms with Crippen molar-refractivity contribution < 1.29 is 4.74 Å². The fourth-order valence-corrected chi connectivity index (χ4v) is 9.99. The van der Waals surface area contributed by atoms with Crippen LogP contribution >= 0.6 is 0 Å². The van der Waals surface area contributed by atoms with Gasteiger partial charge < -0.3 is 9.64 Å². The first-order valence-electron chi connectivity index (χ1n) is 15.6. The van der Waals surface area contributed by atoms with Gasteiger partial charge in [0, 0.05) is 28.0 Å². The molecule has 0 N–H and O–H groups in total. The van der Waals surface area contributed by atoms with Crippen molar-refractivity contribution in [3.63, 3.8) is 0 Å². The van der Waals surface area contributed by atoms with Crippen LogP contribution in [0.15, 0.2) is 146 Å². The second-order valence-corrected chi connectivity index (χ2v) is 16.6. The molecular formula is C40H30N4OSi. The molecule has 5 nitrogen and oxygen atoms in total. The van der Waals surface area contributed by atoms with Gasteiger partial charge in [-0.25, -0.2) is 9.97 Å². The van der Waals surface area contributed by atoms with Gasteiger partial charge >= 0.3 is 0 Å². The smallest absolute Gasteiger partial charge is 0.162 e. The fourth-order valence-electron chi connectivity index (χ4n) is 7.01. The molecule has 0 amide bonds. The lowest BCUT2D eigenvalue weighted by atomic mass is 10.1. The predicted octanol–water partition coefficient (Wildman–Crippen LogP) is 9.48. The van der Waals surface area contributed by atoms with Crippen molar-refractivity contribution in [1.29, 1.82) is 0 Å². The number of anilines is 6. The number of para-hydroxylation sites is 6. The Morgan fingerprint density at radius 1 is 0.522 bits per heavy atom. The van der Waals surface area contributed by atoms with E-state index in [0.29, 0.717) is 5.82 Å². The Bertz CT molecular complexity index is 2210. The largest absolute Gasteiger partial charge is 0.453 e. The number of hydrogen-bond donors (Lipinski definition) is 0. The van der Waals surface area contributed by atoms with Crippen molar-refractivity contribution in [1.82, 2.24) is 9.97 Å². The zero-order valence-electron chi connectivity index (χ0n) is 25.6. The molecule has 2 aliphatic rings. The molecule has 2 aliphatic heterocycles. The first-order chi connectivity index (χ1) is 22.6. The van der Waals surface area contributed by atoms with Crippen LogP contribution in [0.1, 0.15) is 0 Å². The van der Waals surface area contributed by atoms with Crippen LogP contribution in [0.25, 0.3) is 22.3 Å². The van der Waals surface area contributed by atoms with Gasteiger partial charge in [0.1, 0.15) is 13.9 Å². The van der Waals surface area contributed by atoms with Crippen molar-refractivity contribution in [2.75, 3.05) is 9.80 Å². The van der Waals surface area contributed by atoms with Crippen LogP contribution in [0.2, 0.25) is 13.1 Å². The molecule has 0 saturated heterocycles. The summed E-state index contributed by atoms with van der Waals surface area (Å²) in [5, 5.41) is 3.80. The molecule has 0 aliphatic carbocycles. The monoisotopic (exact) mass is 610 g/mol. The minimum absolute atomic E-state index is 0.695. The summed E-state index contributed by atoms with van der Waals surface area (Å²) in [6.45, 7) is 4.89. The summed E-state index contributed by atoms with van der Waals surface area (Å²) in [7, 11) is -1.95. The molecule has 0 unspecified atom stereocenters. The highest BCUT2D eigenvalue weighted by molar-refractivity contribution is 7.02. The Labute approximate surface area is 269 Å². The van der Waals surface area contributed by atoms with Crippen LogP contribution in [0.5, 0.6) is 11.5 Å². The van der Waals surface area contributed by atoms with Crippen LogP contribution in [-0.4, -0.2) is 18.0 Å². The minimum atomic E-state index is -1.95. The van der Waals surface area contributed by atoms with E-state index in [1.165, 1.54) is 21.7 Å². The summed E-state index contributed by atoms with van der Waals surface area (Å²) in [5.41, 5.74) is 7.22. The van der Waals surface area contributed by atoms with Crippen LogP contribution in [0.4, 0.5) is 34.3 Å². The van der Waals surface area contributed by atoms with E-state index in [9.17, 15) is 0 Å². The molecule has 9 rings (SSSR count). The fraction of sp³-hybridized carbons (Fsp3) is 0.0500. The third-order valence-corrected chi connectivity index (χ3v) is 12.8. The average Bonchev–Trinajstić information content (AvgIpc) is 3.11. The van der Waals surface area contributed by atoms with Crippen molar-refractivity contribution >= 4 is 63.6 Å². The van der Waals surface area contributed by atoms with E-state index < -0.39 is 8.07 Å². The predicted molar refractivity (Wildman–Crippen MR) is 191 cm³/mol. The van der Waals surface area contributed by atoms with Crippen molar-refractivity contribution in [2.24, 2.45) is 0 Å². The van der Waals surface area contributed by atoms with Crippen molar-refractivity contribution in [3.8, 4) is 22.9 Å². The zero-order valence-corrected chi connectivity index (χ0v) is 26.6. The molecule has 0 bridgehead atoms. The summed E-state index contributed by atoms with van der Waals surface area (Å²) in [4.78, 5) is 15.2. The van der Waals surface area contributed by atoms with E-state index in [4.69, 9.17) is 14.7 Å². The second-order valence-electron chi connectivity index (χ2n) is 12.3. The lowest BCUT2D eigenvalue weighted by Crippen LogP contribution is -2.58. The maximum atomic E-state index is 6.30. The highest BCUT2D eigenvalue weighted by Crippen LogP contribution is 2.51. The summed E-state index contributed by atoms with van der Waals surface area (Å²) in [5.74, 6) is 3.22. The van der Waals surface area contributed by atoms with Crippen LogP contribution in [0.3, 0.4) is 0 Å². The number of nitrogens with zero attached hydrogens (tertiary/aromatic N) is 4. The number of benzene rings is 6. The van der Waals surface area contributed by atoms with Crippen LogP contribution < -0.4 is 24.9 Å². The third-order valence-electron chi connectivity index (χ3n) is 9.23. The zero-order chi connectivity index (χ0) is 30.8. The molecule has 0 saturated carbocycles. The first-order valence-corrected chi connectivity index (χ1v) is 18.6. The Hall–Kier alpha value is -5.72. The second kappa shape index (κ2) is 10.2. The number of fused-ring (bicyclic) bond motifs is 5. The van der Waals surface area contributed by atoms with E-state index in [0.717, 1.165) is 50.8 Å². The molecule has 3 heterocycles. The van der Waals surface area contributed by atoms with Crippen LogP contribution in [0, 0.1) is 0 Å². The van der Waals surface area contributed by atoms with Gasteiger partial charge in [-0.05, 0) is 65.0 Å². The maximum Gasteiger partial charge on any atom is 0.162 e. The Balaban J connectivity index is 1.32. The Morgan fingerprint density at radius 2 is 1.07 bits per heavy atom. The summed E-state index contributed by atoms with van der Waals surface area (Å²) in [6, 6.07) is 50.9. The SMILES string of the molecule is C[Si]1(C)c2ccccc2N(c2nc(-c3ccccc3)nc3cc(N4c5ccccc5Oc5ccccc54)ccc23)c2ccccc21. The van der Waals surface area contributed by atoms with Gasteiger partial charge in [0.2, 0.25) is 0 Å². The van der Waals surface area contributed by atoms with Crippen molar-refractivity contribution in [3.05, 3.63) is 146 Å². The van der Waals surface area contributed by atoms with E-state index in [2.05, 4.69) is 114 Å². The van der Waals surface area contributed by atoms with Gasteiger partial charge in [0.15, 0.2) is 17.3 Å². The summed E-state index contributed by atoms with van der Waals surface area (Å²) >= 11 is 0. The van der Waals surface area contributed by atoms with E-state index in [-0.39, 0.29) is 0 Å². The highest BCUT2D eigenvalue weighted by atomic mass is 28.3. The molecule has 0 spiro atoms. The number of rotatable bonds is 3.